The number of nitrogens with two attached hydrogens (primary N) is 1. The van der Waals surface area contributed by atoms with Gasteiger partial charge in [-0.25, -0.2) is 4.98 Å². The summed E-state index contributed by atoms with van der Waals surface area (Å²) < 4.78 is 12.7. The molecule has 2 aromatic heterocycles. The molecule has 2 heterocycles. The number of aromatic nitrogens is 3. The minimum atomic E-state index is -0.808. The lowest BCUT2D eigenvalue weighted by molar-refractivity contribution is -0.114. The maximum atomic E-state index is 12.3. The van der Waals surface area contributed by atoms with E-state index in [1.54, 1.807) is 24.3 Å². The van der Waals surface area contributed by atoms with Gasteiger partial charge in [-0.2, -0.15) is 14.9 Å². The SMILES string of the molecule is CCOc1cc(C=C(C#N)C(N)=O)ccc1OCc1cc(=O)n2nc(CC)sc2n1. The van der Waals surface area contributed by atoms with Crippen LogP contribution in [-0.2, 0) is 17.8 Å². The summed E-state index contributed by atoms with van der Waals surface area (Å²) in [5.74, 6) is 0.0573. The first-order valence-electron chi connectivity index (χ1n) is 9.15. The summed E-state index contributed by atoms with van der Waals surface area (Å²) in [6, 6.07) is 8.10. The number of primary amides is 1. The number of fused-ring (bicyclic) bond motifs is 1. The van der Waals surface area contributed by atoms with Crippen LogP contribution >= 0.6 is 11.3 Å². The highest BCUT2D eigenvalue weighted by Crippen LogP contribution is 2.30. The van der Waals surface area contributed by atoms with E-state index in [2.05, 4.69) is 10.1 Å². The summed E-state index contributed by atoms with van der Waals surface area (Å²) >= 11 is 1.36. The van der Waals surface area contributed by atoms with E-state index in [0.717, 1.165) is 11.4 Å². The second kappa shape index (κ2) is 9.19. The molecule has 0 bridgehead atoms. The summed E-state index contributed by atoms with van der Waals surface area (Å²) in [7, 11) is 0. The van der Waals surface area contributed by atoms with Crippen LogP contribution < -0.4 is 20.8 Å². The average molecular weight is 425 g/mol. The Bertz CT molecular complexity index is 1220. The summed E-state index contributed by atoms with van der Waals surface area (Å²) in [5.41, 5.74) is 5.77. The number of hydrogen-bond donors (Lipinski definition) is 1. The number of carbonyl (C=O) groups excluding carboxylic acids is 1. The van der Waals surface area contributed by atoms with Gasteiger partial charge in [-0.1, -0.05) is 24.3 Å². The molecular weight excluding hydrogens is 406 g/mol. The predicted octanol–water partition coefficient (Wildman–Crippen LogP) is 2.08. The van der Waals surface area contributed by atoms with Gasteiger partial charge in [-0.05, 0) is 37.1 Å². The van der Waals surface area contributed by atoms with Crippen LogP contribution in [0.15, 0.2) is 34.6 Å². The second-order valence-electron chi connectivity index (χ2n) is 6.09. The van der Waals surface area contributed by atoms with Crippen molar-refractivity contribution in [3.05, 3.63) is 56.5 Å². The van der Waals surface area contributed by atoms with E-state index in [1.165, 1.54) is 28.0 Å². The van der Waals surface area contributed by atoms with Crippen molar-refractivity contribution in [3.8, 4) is 17.6 Å². The molecule has 0 saturated heterocycles. The lowest BCUT2D eigenvalue weighted by Crippen LogP contribution is -2.16. The summed E-state index contributed by atoms with van der Waals surface area (Å²) in [6.45, 7) is 4.23. The van der Waals surface area contributed by atoms with Gasteiger partial charge in [0.1, 0.15) is 23.3 Å². The largest absolute Gasteiger partial charge is 0.490 e. The van der Waals surface area contributed by atoms with Gasteiger partial charge in [0.2, 0.25) is 4.96 Å². The fourth-order valence-corrected chi connectivity index (χ4v) is 3.45. The molecule has 0 unspecified atom stereocenters. The van der Waals surface area contributed by atoms with Crippen LogP contribution in [0.1, 0.15) is 30.1 Å². The smallest absolute Gasteiger partial charge is 0.275 e. The average Bonchev–Trinajstić information content (AvgIpc) is 3.15. The Morgan fingerprint density at radius 3 is 2.77 bits per heavy atom. The van der Waals surface area contributed by atoms with Crippen molar-refractivity contribution < 1.29 is 14.3 Å². The third-order valence-corrected chi connectivity index (χ3v) is 5.04. The Hall–Kier alpha value is -3.71. The standard InChI is InChI=1S/C20H19N5O4S/c1-3-17-24-25-18(26)9-14(23-20(25)30-17)11-29-15-6-5-12(8-16(15)28-4-2)7-13(10-21)19(22)27/h5-9H,3-4,11H2,1-2H3,(H2,22,27). The van der Waals surface area contributed by atoms with E-state index < -0.39 is 5.91 Å². The molecule has 3 aromatic rings. The molecule has 0 aliphatic carbocycles. The number of ether oxygens (including phenoxy) is 2. The van der Waals surface area contributed by atoms with Crippen molar-refractivity contribution in [1.29, 1.82) is 5.26 Å². The van der Waals surface area contributed by atoms with Crippen molar-refractivity contribution in [2.45, 2.75) is 26.9 Å². The molecule has 0 atom stereocenters. The van der Waals surface area contributed by atoms with Crippen molar-refractivity contribution in [3.63, 3.8) is 0 Å². The van der Waals surface area contributed by atoms with Crippen molar-refractivity contribution in [2.24, 2.45) is 5.73 Å². The van der Waals surface area contributed by atoms with Crippen LogP contribution in [0.25, 0.3) is 11.0 Å². The Labute approximate surface area is 176 Å². The number of amides is 1. The van der Waals surface area contributed by atoms with E-state index in [4.69, 9.17) is 20.5 Å². The second-order valence-corrected chi connectivity index (χ2v) is 7.13. The number of nitriles is 1. The molecule has 0 aliphatic heterocycles. The highest BCUT2D eigenvalue weighted by atomic mass is 32.1. The van der Waals surface area contributed by atoms with E-state index in [9.17, 15) is 9.59 Å². The molecule has 0 aliphatic rings. The normalized spacial score (nSPS) is 11.3. The first-order valence-corrected chi connectivity index (χ1v) is 9.96. The Morgan fingerprint density at radius 2 is 2.10 bits per heavy atom. The zero-order valence-electron chi connectivity index (χ0n) is 16.4. The minimum absolute atomic E-state index is 0.0606. The fourth-order valence-electron chi connectivity index (χ4n) is 2.59. The van der Waals surface area contributed by atoms with E-state index in [1.807, 2.05) is 13.8 Å². The molecule has 0 saturated carbocycles. The molecule has 1 amide bonds. The molecule has 30 heavy (non-hydrogen) atoms. The zero-order valence-corrected chi connectivity index (χ0v) is 17.2. The van der Waals surface area contributed by atoms with E-state index in [0.29, 0.717) is 34.3 Å². The summed E-state index contributed by atoms with van der Waals surface area (Å²) in [5, 5.41) is 14.0. The van der Waals surface area contributed by atoms with E-state index in [-0.39, 0.29) is 17.7 Å². The van der Waals surface area contributed by atoms with Gasteiger partial charge in [0.05, 0.1) is 12.3 Å². The number of nitrogens with zero attached hydrogens (tertiary/aromatic N) is 4. The molecule has 3 rings (SSSR count). The van der Waals surface area contributed by atoms with Crippen LogP contribution in [-0.4, -0.2) is 27.1 Å². The van der Waals surface area contributed by atoms with Crippen LogP contribution in [0, 0.1) is 11.3 Å². The maximum absolute atomic E-state index is 12.3. The van der Waals surface area contributed by atoms with Gasteiger partial charge in [0.15, 0.2) is 11.5 Å². The van der Waals surface area contributed by atoms with Gasteiger partial charge in [0.25, 0.3) is 11.5 Å². The van der Waals surface area contributed by atoms with Crippen LogP contribution in [0.5, 0.6) is 11.5 Å². The summed E-state index contributed by atoms with van der Waals surface area (Å²) in [6.07, 6.45) is 2.10. The third-order valence-electron chi connectivity index (χ3n) is 3.98. The van der Waals surface area contributed by atoms with Crippen LogP contribution in [0.2, 0.25) is 0 Å². The lowest BCUT2D eigenvalue weighted by Gasteiger charge is -2.12. The zero-order chi connectivity index (χ0) is 21.7. The van der Waals surface area contributed by atoms with Gasteiger partial charge < -0.3 is 15.2 Å². The predicted molar refractivity (Wildman–Crippen MR) is 111 cm³/mol. The van der Waals surface area contributed by atoms with Gasteiger partial charge in [0, 0.05) is 6.07 Å². The highest BCUT2D eigenvalue weighted by Gasteiger charge is 2.11. The maximum Gasteiger partial charge on any atom is 0.275 e. The monoisotopic (exact) mass is 425 g/mol. The third kappa shape index (κ3) is 4.64. The number of benzene rings is 1. The van der Waals surface area contributed by atoms with E-state index >= 15 is 0 Å². The highest BCUT2D eigenvalue weighted by molar-refractivity contribution is 7.16. The molecule has 0 spiro atoms. The Kier molecular flexibility index (Phi) is 6.44. The summed E-state index contributed by atoms with van der Waals surface area (Å²) in [4.78, 5) is 28.5. The number of rotatable bonds is 8. The first kappa shape index (κ1) is 21.0. The topological polar surface area (TPSA) is 133 Å². The quantitative estimate of drug-likeness (QED) is 0.431. The molecule has 9 nitrogen and oxygen atoms in total. The Morgan fingerprint density at radius 1 is 1.30 bits per heavy atom. The molecule has 1 aromatic carbocycles. The number of hydrogen-bond acceptors (Lipinski definition) is 8. The van der Waals surface area contributed by atoms with Crippen molar-refractivity contribution in [1.82, 2.24) is 14.6 Å². The molecule has 2 N–H and O–H groups in total. The molecule has 10 heteroatoms. The van der Waals surface area contributed by atoms with Crippen LogP contribution in [0.4, 0.5) is 0 Å². The lowest BCUT2D eigenvalue weighted by atomic mass is 10.1. The van der Waals surface area contributed by atoms with Crippen LogP contribution in [0.3, 0.4) is 0 Å². The van der Waals surface area contributed by atoms with Crippen molar-refractivity contribution >= 4 is 28.3 Å². The fraction of sp³-hybridized carbons (Fsp3) is 0.250. The van der Waals surface area contributed by atoms with Gasteiger partial charge in [-0.15, -0.1) is 0 Å². The van der Waals surface area contributed by atoms with Gasteiger partial charge >= 0.3 is 0 Å². The molecule has 0 radical (unpaired) electrons. The molecule has 0 fully saturated rings. The molecule has 154 valence electrons. The number of carbonyl (C=O) groups is 1. The van der Waals surface area contributed by atoms with Crippen molar-refractivity contribution in [2.75, 3.05) is 6.61 Å². The number of aryl methyl sites for hydroxylation is 1. The first-order chi connectivity index (χ1) is 14.4. The minimum Gasteiger partial charge on any atom is -0.490 e. The van der Waals surface area contributed by atoms with Gasteiger partial charge in [-0.3, -0.25) is 9.59 Å². The molecular formula is C20H19N5O4S. The Balaban J connectivity index is 1.86.